The Labute approximate surface area is 91.3 Å². The number of rotatable bonds is 0. The minimum absolute atomic E-state index is 0. The molecule has 0 unspecified atom stereocenters. The third-order valence-electron chi connectivity index (χ3n) is 0. The average Bonchev–Trinajstić information content (AvgIpc) is 0.722. The summed E-state index contributed by atoms with van der Waals surface area (Å²) in [7, 11) is -4.64. The first kappa shape index (κ1) is 22.5. The second-order valence-corrected chi connectivity index (χ2v) is 1.54. The molecule has 0 aromatic rings. The molecule has 0 atom stereocenters. The van der Waals surface area contributed by atoms with Crippen LogP contribution >= 0.6 is 7.82 Å². The summed E-state index contributed by atoms with van der Waals surface area (Å²) in [5, 5.41) is 0. The summed E-state index contributed by atoms with van der Waals surface area (Å²) in [6.45, 7) is 0. The van der Waals surface area contributed by atoms with Gasteiger partial charge in [0, 0.05) is 16.8 Å². The summed E-state index contributed by atoms with van der Waals surface area (Å²) >= 11 is 0. The van der Waals surface area contributed by atoms with E-state index in [1.807, 2.05) is 0 Å². The molecule has 0 heterocycles. The monoisotopic (exact) mass is 189 g/mol. The third kappa shape index (κ3) is 87.2. The number of hydrogen-bond acceptors (Lipinski definition) is 1. The van der Waals surface area contributed by atoms with Crippen LogP contribution in [0.2, 0.25) is 0 Å². The molecule has 3 N–H and O–H groups in total. The van der Waals surface area contributed by atoms with Crippen molar-refractivity contribution in [3.05, 3.63) is 0 Å². The molecule has 0 aromatic heterocycles. The molecule has 8 heteroatoms. The molecule has 0 aromatic carbocycles. The molecule has 0 amide bonds. The Morgan fingerprint density at radius 3 is 1.12 bits per heavy atom. The standard InChI is InChI=1S/Co.Li.Na.H3O4P.2H/c;;;1-5(2,3)4;;/h;;;(H3,1,2,3,4);;. The Hall–Kier alpha value is 2.21. The van der Waals surface area contributed by atoms with E-state index < -0.39 is 7.82 Å². The number of phosphoric acid groups is 1. The van der Waals surface area contributed by atoms with Crippen LogP contribution in [0.5, 0.6) is 0 Å². The van der Waals surface area contributed by atoms with Crippen LogP contribution in [0.1, 0.15) is 0 Å². The minimum atomic E-state index is -4.64. The Morgan fingerprint density at radius 1 is 1.12 bits per heavy atom. The fourth-order valence-corrected chi connectivity index (χ4v) is 0. The maximum atomic E-state index is 8.88. The molecular formula is H5CoLiNaO4P. The van der Waals surface area contributed by atoms with E-state index in [0.29, 0.717) is 0 Å². The molecule has 0 spiro atoms. The first-order valence-corrected chi connectivity index (χ1v) is 2.35. The molecule has 8 heavy (non-hydrogen) atoms. The zero-order valence-corrected chi connectivity index (χ0v) is 4.47. The molecule has 0 saturated carbocycles. The predicted octanol–water partition coefficient (Wildman–Crippen LogP) is -2.23. The quantitative estimate of drug-likeness (QED) is 0.297. The molecular weight excluding hydrogens is 184 g/mol. The molecule has 45 valence electrons. The zero-order valence-electron chi connectivity index (χ0n) is 2.53. The van der Waals surface area contributed by atoms with Gasteiger partial charge in [-0.1, -0.05) is 0 Å². The first-order chi connectivity index (χ1) is 2.00. The van der Waals surface area contributed by atoms with Crippen molar-refractivity contribution in [1.82, 2.24) is 0 Å². The average molecular weight is 189 g/mol. The van der Waals surface area contributed by atoms with Crippen molar-refractivity contribution < 1.29 is 36.0 Å². The van der Waals surface area contributed by atoms with Gasteiger partial charge in [-0.2, -0.15) is 0 Å². The molecule has 0 aliphatic carbocycles. The van der Waals surface area contributed by atoms with E-state index in [-0.39, 0.29) is 65.2 Å². The van der Waals surface area contributed by atoms with Gasteiger partial charge in [0.1, 0.15) is 0 Å². The summed E-state index contributed by atoms with van der Waals surface area (Å²) < 4.78 is 8.88. The SMILES string of the molecule is O=P(O)(O)O.[Co].[LiH].[NaH]. The van der Waals surface area contributed by atoms with Crippen molar-refractivity contribution in [2.24, 2.45) is 0 Å². The second-order valence-electron chi connectivity index (χ2n) is 0.513. The number of hydrogen-bond donors (Lipinski definition) is 3. The molecule has 0 aliphatic heterocycles. The molecule has 4 nitrogen and oxygen atoms in total. The fraction of sp³-hybridized carbons (Fsp3) is 0. The summed E-state index contributed by atoms with van der Waals surface area (Å²) in [6, 6.07) is 0. The first-order valence-electron chi connectivity index (χ1n) is 0.783. The van der Waals surface area contributed by atoms with Crippen LogP contribution in [0.15, 0.2) is 0 Å². The van der Waals surface area contributed by atoms with E-state index in [4.69, 9.17) is 19.2 Å². The van der Waals surface area contributed by atoms with E-state index in [0.717, 1.165) is 0 Å². The van der Waals surface area contributed by atoms with E-state index in [1.54, 1.807) is 0 Å². The zero-order chi connectivity index (χ0) is 4.50. The van der Waals surface area contributed by atoms with E-state index >= 15 is 0 Å². The van der Waals surface area contributed by atoms with Crippen LogP contribution in [0.3, 0.4) is 0 Å². The van der Waals surface area contributed by atoms with Gasteiger partial charge in [0.05, 0.1) is 0 Å². The molecule has 0 bridgehead atoms. The van der Waals surface area contributed by atoms with Gasteiger partial charge in [0.2, 0.25) is 0 Å². The van der Waals surface area contributed by atoms with Gasteiger partial charge in [-0.05, 0) is 0 Å². The molecule has 0 aliphatic rings. The summed E-state index contributed by atoms with van der Waals surface area (Å²) in [5.74, 6) is 0. The van der Waals surface area contributed by atoms with Crippen LogP contribution in [-0.4, -0.2) is 63.1 Å². The van der Waals surface area contributed by atoms with Gasteiger partial charge in [-0.3, -0.25) is 0 Å². The van der Waals surface area contributed by atoms with Gasteiger partial charge < -0.3 is 14.7 Å². The van der Waals surface area contributed by atoms with Crippen LogP contribution in [0.4, 0.5) is 0 Å². The van der Waals surface area contributed by atoms with Crippen LogP contribution < -0.4 is 0 Å². The Kier molecular flexibility index (Phi) is 25.9. The van der Waals surface area contributed by atoms with Gasteiger partial charge in [-0.15, -0.1) is 0 Å². The van der Waals surface area contributed by atoms with Crippen molar-refractivity contribution in [1.29, 1.82) is 0 Å². The van der Waals surface area contributed by atoms with Gasteiger partial charge in [-0.25, -0.2) is 4.57 Å². The van der Waals surface area contributed by atoms with Crippen LogP contribution in [0.25, 0.3) is 0 Å². The van der Waals surface area contributed by atoms with Crippen molar-refractivity contribution in [2.45, 2.75) is 0 Å². The van der Waals surface area contributed by atoms with Gasteiger partial charge in [0.15, 0.2) is 0 Å². The van der Waals surface area contributed by atoms with Crippen molar-refractivity contribution >= 4 is 56.2 Å². The van der Waals surface area contributed by atoms with Gasteiger partial charge in [0.25, 0.3) is 0 Å². The second kappa shape index (κ2) is 9.21. The topological polar surface area (TPSA) is 77.8 Å². The molecule has 0 rings (SSSR count). The van der Waals surface area contributed by atoms with Gasteiger partial charge >= 0.3 is 56.2 Å². The van der Waals surface area contributed by atoms with Crippen LogP contribution in [0, 0.1) is 0 Å². The van der Waals surface area contributed by atoms with Crippen molar-refractivity contribution in [3.63, 3.8) is 0 Å². The normalized spacial score (nSPS) is 7.38. The van der Waals surface area contributed by atoms with Crippen molar-refractivity contribution in [2.75, 3.05) is 0 Å². The van der Waals surface area contributed by atoms with E-state index in [9.17, 15) is 0 Å². The van der Waals surface area contributed by atoms with E-state index in [2.05, 4.69) is 0 Å². The summed E-state index contributed by atoms with van der Waals surface area (Å²) in [4.78, 5) is 21.6. The van der Waals surface area contributed by atoms with E-state index in [1.165, 1.54) is 0 Å². The maximum absolute atomic E-state index is 8.88. The van der Waals surface area contributed by atoms with Crippen molar-refractivity contribution in [3.8, 4) is 0 Å². The molecule has 1 radical (unpaired) electrons. The Bertz CT molecular complexity index is 62.2. The van der Waals surface area contributed by atoms with Crippen LogP contribution in [-0.2, 0) is 21.3 Å². The fourth-order valence-electron chi connectivity index (χ4n) is 0. The molecule has 0 saturated heterocycles. The third-order valence-corrected chi connectivity index (χ3v) is 0. The Morgan fingerprint density at radius 2 is 1.12 bits per heavy atom. The predicted molar refractivity (Wildman–Crippen MR) is 28.6 cm³/mol. The summed E-state index contributed by atoms with van der Waals surface area (Å²) in [5.41, 5.74) is 0. The molecule has 0 fully saturated rings. The summed E-state index contributed by atoms with van der Waals surface area (Å²) in [6.07, 6.45) is 0. The Balaban J connectivity index is -0.0000000267.